The van der Waals surface area contributed by atoms with E-state index < -0.39 is 5.97 Å². The zero-order valence-electron chi connectivity index (χ0n) is 16.2. The number of esters is 1. The Bertz CT molecular complexity index is 1080. The molecular formula is C24H19Cl2NO3. The lowest BCUT2D eigenvalue weighted by molar-refractivity contribution is -0.129. The number of hydrogen-bond acceptors (Lipinski definition) is 4. The van der Waals surface area contributed by atoms with Gasteiger partial charge in [-0.05, 0) is 66.1 Å². The van der Waals surface area contributed by atoms with Crippen LogP contribution in [-0.2, 0) is 4.79 Å². The second kappa shape index (κ2) is 10.6. The lowest BCUT2D eigenvalue weighted by Crippen LogP contribution is -2.06. The highest BCUT2D eigenvalue weighted by Crippen LogP contribution is 2.30. The smallest absolute Gasteiger partial charge is 0.336 e. The molecule has 0 amide bonds. The van der Waals surface area contributed by atoms with Gasteiger partial charge in [-0.15, -0.1) is 0 Å². The molecule has 1 heterocycles. The summed E-state index contributed by atoms with van der Waals surface area (Å²) in [7, 11) is 0. The summed E-state index contributed by atoms with van der Waals surface area (Å²) in [5, 5.41) is 0.978. The van der Waals surface area contributed by atoms with Crippen molar-refractivity contribution in [3.05, 3.63) is 93.7 Å². The Morgan fingerprint density at radius 1 is 0.933 bits per heavy atom. The molecule has 30 heavy (non-hydrogen) atoms. The monoisotopic (exact) mass is 439 g/mol. The highest BCUT2D eigenvalue weighted by atomic mass is 35.5. The minimum atomic E-state index is -0.540. The van der Waals surface area contributed by atoms with E-state index in [9.17, 15) is 4.79 Å². The molecule has 3 rings (SSSR count). The fourth-order valence-corrected chi connectivity index (χ4v) is 3.06. The molecule has 0 spiro atoms. The number of rotatable bonds is 7. The van der Waals surface area contributed by atoms with E-state index in [-0.39, 0.29) is 0 Å². The van der Waals surface area contributed by atoms with Crippen LogP contribution in [0, 0.1) is 0 Å². The zero-order valence-corrected chi connectivity index (χ0v) is 17.7. The van der Waals surface area contributed by atoms with Gasteiger partial charge in [-0.2, -0.15) is 0 Å². The predicted molar refractivity (Wildman–Crippen MR) is 122 cm³/mol. The third kappa shape index (κ3) is 6.21. The molecule has 0 aliphatic heterocycles. The second-order valence-corrected chi connectivity index (χ2v) is 7.02. The van der Waals surface area contributed by atoms with Crippen LogP contribution in [0.15, 0.2) is 67.0 Å². The number of carbonyl (C=O) groups excluding carboxylic acids is 1. The molecule has 0 fully saturated rings. The van der Waals surface area contributed by atoms with Crippen LogP contribution in [0.5, 0.6) is 11.5 Å². The molecule has 0 atom stereocenters. The van der Waals surface area contributed by atoms with Crippen LogP contribution in [0.25, 0.3) is 18.2 Å². The number of ether oxygens (including phenoxy) is 2. The minimum Gasteiger partial charge on any atom is -0.490 e. The van der Waals surface area contributed by atoms with Gasteiger partial charge in [0.1, 0.15) is 0 Å². The van der Waals surface area contributed by atoms with E-state index in [1.165, 1.54) is 6.08 Å². The molecule has 6 heteroatoms. The van der Waals surface area contributed by atoms with Gasteiger partial charge in [0, 0.05) is 28.5 Å². The quantitative estimate of drug-likeness (QED) is 0.237. The van der Waals surface area contributed by atoms with Crippen molar-refractivity contribution in [2.75, 3.05) is 6.61 Å². The lowest BCUT2D eigenvalue weighted by Gasteiger charge is -2.10. The Balaban J connectivity index is 1.73. The first-order valence-electron chi connectivity index (χ1n) is 9.25. The Labute approximate surface area is 185 Å². The molecule has 3 aromatic rings. The molecule has 0 radical (unpaired) electrons. The molecule has 2 aromatic carbocycles. The molecule has 0 unspecified atom stereocenters. The average Bonchev–Trinajstić information content (AvgIpc) is 2.74. The van der Waals surface area contributed by atoms with Crippen molar-refractivity contribution >= 4 is 47.4 Å². The summed E-state index contributed by atoms with van der Waals surface area (Å²) >= 11 is 12.0. The Morgan fingerprint density at radius 3 is 2.43 bits per heavy atom. The topological polar surface area (TPSA) is 48.4 Å². The van der Waals surface area contributed by atoms with Gasteiger partial charge in [0.05, 0.1) is 6.61 Å². The van der Waals surface area contributed by atoms with Crippen LogP contribution in [0.4, 0.5) is 0 Å². The molecule has 0 N–H and O–H groups in total. The van der Waals surface area contributed by atoms with Crippen molar-refractivity contribution in [2.45, 2.75) is 6.92 Å². The highest BCUT2D eigenvalue weighted by Gasteiger charge is 2.09. The molecule has 0 saturated heterocycles. The number of nitrogens with zero attached hydrogens (tertiary/aromatic N) is 1. The number of benzene rings is 2. The first-order valence-corrected chi connectivity index (χ1v) is 10.0. The normalized spacial score (nSPS) is 11.2. The van der Waals surface area contributed by atoms with Crippen molar-refractivity contribution < 1.29 is 14.3 Å². The van der Waals surface area contributed by atoms with Gasteiger partial charge in [0.15, 0.2) is 11.5 Å². The summed E-state index contributed by atoms with van der Waals surface area (Å²) in [6.07, 6.45) is 10.3. The van der Waals surface area contributed by atoms with Crippen LogP contribution in [0.3, 0.4) is 0 Å². The van der Waals surface area contributed by atoms with Crippen LogP contribution in [0.1, 0.15) is 23.6 Å². The first-order chi connectivity index (χ1) is 14.5. The van der Waals surface area contributed by atoms with Gasteiger partial charge in [-0.1, -0.05) is 47.5 Å². The summed E-state index contributed by atoms with van der Waals surface area (Å²) in [5.74, 6) is 0.289. The summed E-state index contributed by atoms with van der Waals surface area (Å²) in [5.41, 5.74) is 2.61. The van der Waals surface area contributed by atoms with Crippen molar-refractivity contribution in [3.8, 4) is 11.5 Å². The Kier molecular flexibility index (Phi) is 7.66. The van der Waals surface area contributed by atoms with Gasteiger partial charge >= 0.3 is 5.97 Å². The van der Waals surface area contributed by atoms with E-state index in [1.54, 1.807) is 42.7 Å². The first kappa shape index (κ1) is 21.6. The Hall–Kier alpha value is -3.08. The predicted octanol–water partition coefficient (Wildman–Crippen LogP) is 6.58. The summed E-state index contributed by atoms with van der Waals surface area (Å²) in [6, 6.07) is 14.2. The summed E-state index contributed by atoms with van der Waals surface area (Å²) in [6.45, 7) is 2.31. The molecule has 1 aromatic heterocycles. The number of hydrogen-bond donors (Lipinski definition) is 0. The van der Waals surface area contributed by atoms with Crippen LogP contribution in [0.2, 0.25) is 10.0 Å². The summed E-state index contributed by atoms with van der Waals surface area (Å²) in [4.78, 5) is 16.3. The molecule has 0 aliphatic rings. The fourth-order valence-electron chi connectivity index (χ4n) is 2.58. The van der Waals surface area contributed by atoms with Gasteiger partial charge < -0.3 is 9.47 Å². The maximum Gasteiger partial charge on any atom is 0.336 e. The maximum absolute atomic E-state index is 12.3. The number of halogens is 2. The third-order valence-electron chi connectivity index (χ3n) is 4.01. The van der Waals surface area contributed by atoms with E-state index in [0.29, 0.717) is 33.7 Å². The average molecular weight is 440 g/mol. The van der Waals surface area contributed by atoms with Crippen LogP contribution < -0.4 is 9.47 Å². The van der Waals surface area contributed by atoms with Gasteiger partial charge in [0.25, 0.3) is 0 Å². The van der Waals surface area contributed by atoms with E-state index in [0.717, 1.165) is 11.1 Å². The number of pyridine rings is 1. The van der Waals surface area contributed by atoms with Crippen molar-refractivity contribution in [1.82, 2.24) is 4.98 Å². The molecule has 0 bridgehead atoms. The van der Waals surface area contributed by atoms with Gasteiger partial charge in [0.2, 0.25) is 0 Å². The van der Waals surface area contributed by atoms with E-state index in [2.05, 4.69) is 4.98 Å². The van der Waals surface area contributed by atoms with Crippen molar-refractivity contribution in [3.63, 3.8) is 0 Å². The van der Waals surface area contributed by atoms with Gasteiger partial charge in [-0.25, -0.2) is 4.79 Å². The second-order valence-electron chi connectivity index (χ2n) is 6.17. The summed E-state index contributed by atoms with van der Waals surface area (Å²) < 4.78 is 11.1. The zero-order chi connectivity index (χ0) is 21.3. The standard InChI is InChI=1S/C24H19Cl2NO3/c1-2-29-23-15-18(4-3-17-11-13-27-14-12-17)5-9-22(23)30-24(28)10-7-19-6-8-20(25)16-21(19)26/h3-16H,2H2,1H3/b4-3+,10-7+. The van der Waals surface area contributed by atoms with Crippen LogP contribution in [-0.4, -0.2) is 17.6 Å². The molecule has 152 valence electrons. The largest absolute Gasteiger partial charge is 0.490 e. The minimum absolute atomic E-state index is 0.342. The fraction of sp³-hybridized carbons (Fsp3) is 0.0833. The van der Waals surface area contributed by atoms with Crippen molar-refractivity contribution in [2.24, 2.45) is 0 Å². The lowest BCUT2D eigenvalue weighted by atomic mass is 10.1. The van der Waals surface area contributed by atoms with Crippen LogP contribution >= 0.6 is 23.2 Å². The SMILES string of the molecule is CCOc1cc(/C=C/c2ccncc2)ccc1OC(=O)/C=C/c1ccc(Cl)cc1Cl. The van der Waals surface area contributed by atoms with E-state index in [4.69, 9.17) is 32.7 Å². The third-order valence-corrected chi connectivity index (χ3v) is 4.58. The number of aromatic nitrogens is 1. The van der Waals surface area contributed by atoms with Crippen molar-refractivity contribution in [1.29, 1.82) is 0 Å². The molecule has 4 nitrogen and oxygen atoms in total. The maximum atomic E-state index is 12.3. The Morgan fingerprint density at radius 2 is 1.70 bits per heavy atom. The highest BCUT2D eigenvalue weighted by molar-refractivity contribution is 6.35. The van der Waals surface area contributed by atoms with E-state index in [1.807, 2.05) is 43.3 Å². The molecule has 0 aliphatic carbocycles. The molecular weight excluding hydrogens is 421 g/mol. The van der Waals surface area contributed by atoms with E-state index >= 15 is 0 Å². The number of carbonyl (C=O) groups is 1. The molecule has 0 saturated carbocycles. The van der Waals surface area contributed by atoms with Gasteiger partial charge in [-0.3, -0.25) is 4.98 Å².